The fourth-order valence-corrected chi connectivity index (χ4v) is 1.55. The van der Waals surface area contributed by atoms with E-state index in [1.807, 2.05) is 18.3 Å². The lowest BCUT2D eigenvalue weighted by Gasteiger charge is -2.02. The van der Waals surface area contributed by atoms with Gasteiger partial charge in [-0.25, -0.2) is 0 Å². The van der Waals surface area contributed by atoms with Crippen molar-refractivity contribution in [3.8, 4) is 0 Å². The van der Waals surface area contributed by atoms with E-state index in [-0.39, 0.29) is 6.73 Å². The highest BCUT2D eigenvalue weighted by Gasteiger charge is 2.02. The van der Waals surface area contributed by atoms with Gasteiger partial charge < -0.3 is 5.11 Å². The second-order valence-electron chi connectivity index (χ2n) is 2.79. The number of halogens is 1. The Morgan fingerprint density at radius 2 is 2.36 bits per heavy atom. The van der Waals surface area contributed by atoms with Gasteiger partial charge in [0.15, 0.2) is 0 Å². The Bertz CT molecular complexity index is 308. The van der Waals surface area contributed by atoms with E-state index >= 15 is 0 Å². The van der Waals surface area contributed by atoms with Gasteiger partial charge in [-0.3, -0.25) is 9.98 Å². The van der Waals surface area contributed by atoms with Gasteiger partial charge >= 0.3 is 0 Å². The Kier molecular flexibility index (Phi) is 4.76. The number of rotatable bonds is 4. The van der Waals surface area contributed by atoms with Gasteiger partial charge in [0.1, 0.15) is 6.73 Å². The minimum Gasteiger partial charge on any atom is -0.375 e. The number of aromatic nitrogens is 1. The minimum absolute atomic E-state index is 0.196. The van der Waals surface area contributed by atoms with Crippen LogP contribution in [0.3, 0.4) is 0 Å². The molecule has 1 rings (SSSR count). The van der Waals surface area contributed by atoms with Gasteiger partial charge in [-0.05, 0) is 18.1 Å². The van der Waals surface area contributed by atoms with E-state index < -0.39 is 0 Å². The van der Waals surface area contributed by atoms with Crippen molar-refractivity contribution in [2.24, 2.45) is 4.99 Å². The average molecular weight is 257 g/mol. The summed E-state index contributed by atoms with van der Waals surface area (Å²) in [5.74, 6) is 0. The maximum absolute atomic E-state index is 8.69. The molecule has 0 aromatic carbocycles. The molecule has 1 aromatic heterocycles. The number of aliphatic hydroxyl groups is 1. The standard InChI is InChI=1S/C10H13BrN2O/c1-2-8-3-4-9(12-6-8)10(5-11)13-7-14/h3-4,6,14H,2,5,7H2,1H3. The van der Waals surface area contributed by atoms with Crippen molar-refractivity contribution < 1.29 is 5.11 Å². The third kappa shape index (κ3) is 2.89. The second kappa shape index (κ2) is 5.88. The van der Waals surface area contributed by atoms with E-state index in [1.165, 1.54) is 5.56 Å². The highest BCUT2D eigenvalue weighted by molar-refractivity contribution is 9.09. The van der Waals surface area contributed by atoms with Crippen LogP contribution in [0.5, 0.6) is 0 Å². The van der Waals surface area contributed by atoms with Crippen LogP contribution in [-0.2, 0) is 6.42 Å². The van der Waals surface area contributed by atoms with Gasteiger partial charge in [0.05, 0.1) is 11.4 Å². The Hall–Kier alpha value is -0.740. The molecule has 0 amide bonds. The van der Waals surface area contributed by atoms with Crippen molar-refractivity contribution in [3.05, 3.63) is 29.6 Å². The third-order valence-corrected chi connectivity index (χ3v) is 2.45. The van der Waals surface area contributed by atoms with Crippen LogP contribution in [0.2, 0.25) is 0 Å². The Morgan fingerprint density at radius 1 is 1.57 bits per heavy atom. The monoisotopic (exact) mass is 256 g/mol. The van der Waals surface area contributed by atoms with Crippen LogP contribution in [0, 0.1) is 0 Å². The number of pyridine rings is 1. The first kappa shape index (κ1) is 11.3. The lowest BCUT2D eigenvalue weighted by molar-refractivity contribution is 0.309. The van der Waals surface area contributed by atoms with Gasteiger partial charge in [0.2, 0.25) is 0 Å². The Balaban J connectivity index is 2.89. The smallest absolute Gasteiger partial charge is 0.134 e. The molecular formula is C10H13BrN2O. The molecule has 0 spiro atoms. The third-order valence-electron chi connectivity index (χ3n) is 1.92. The van der Waals surface area contributed by atoms with Crippen LogP contribution in [0.1, 0.15) is 18.2 Å². The van der Waals surface area contributed by atoms with Crippen LogP contribution < -0.4 is 0 Å². The molecule has 0 aliphatic rings. The SMILES string of the molecule is CCc1ccc(C(CBr)=NCO)nc1. The Labute approximate surface area is 92.0 Å². The summed E-state index contributed by atoms with van der Waals surface area (Å²) < 4.78 is 0. The summed E-state index contributed by atoms with van der Waals surface area (Å²) in [4.78, 5) is 8.20. The number of hydrogen-bond donors (Lipinski definition) is 1. The van der Waals surface area contributed by atoms with E-state index in [1.54, 1.807) is 0 Å². The predicted molar refractivity (Wildman–Crippen MR) is 61.0 cm³/mol. The van der Waals surface area contributed by atoms with Gasteiger partial charge in [-0.2, -0.15) is 0 Å². The van der Waals surface area contributed by atoms with Crippen LogP contribution in [-0.4, -0.2) is 27.9 Å². The first-order chi connectivity index (χ1) is 6.81. The maximum Gasteiger partial charge on any atom is 0.134 e. The zero-order chi connectivity index (χ0) is 10.4. The highest BCUT2D eigenvalue weighted by atomic mass is 79.9. The van der Waals surface area contributed by atoms with Crippen molar-refractivity contribution in [1.29, 1.82) is 0 Å². The Morgan fingerprint density at radius 3 is 2.79 bits per heavy atom. The first-order valence-electron chi connectivity index (χ1n) is 4.47. The molecule has 14 heavy (non-hydrogen) atoms. The molecule has 3 nitrogen and oxygen atoms in total. The van der Waals surface area contributed by atoms with Crippen molar-refractivity contribution in [2.45, 2.75) is 13.3 Å². The van der Waals surface area contributed by atoms with E-state index in [0.717, 1.165) is 17.8 Å². The lowest BCUT2D eigenvalue weighted by Crippen LogP contribution is -2.06. The zero-order valence-corrected chi connectivity index (χ0v) is 9.66. The number of aliphatic imine (C=N–C) groups is 1. The molecule has 0 saturated carbocycles. The molecule has 0 unspecified atom stereocenters. The normalized spacial score (nSPS) is 11.8. The number of hydrogen-bond acceptors (Lipinski definition) is 3. The van der Waals surface area contributed by atoms with Crippen LogP contribution in [0.15, 0.2) is 23.3 Å². The minimum atomic E-state index is -0.196. The van der Waals surface area contributed by atoms with Crippen molar-refractivity contribution in [1.82, 2.24) is 4.98 Å². The summed E-state index contributed by atoms with van der Waals surface area (Å²) in [5.41, 5.74) is 2.79. The number of nitrogens with zero attached hydrogens (tertiary/aromatic N) is 2. The summed E-state index contributed by atoms with van der Waals surface area (Å²) in [6, 6.07) is 3.95. The molecule has 0 aliphatic carbocycles. The fraction of sp³-hybridized carbons (Fsp3) is 0.400. The van der Waals surface area contributed by atoms with Gasteiger partial charge in [0, 0.05) is 11.5 Å². The number of aryl methyl sites for hydroxylation is 1. The van der Waals surface area contributed by atoms with Crippen molar-refractivity contribution >= 4 is 21.6 Å². The topological polar surface area (TPSA) is 45.5 Å². The van der Waals surface area contributed by atoms with Crippen molar-refractivity contribution in [2.75, 3.05) is 12.1 Å². The summed E-state index contributed by atoms with van der Waals surface area (Å²) in [7, 11) is 0. The molecular weight excluding hydrogens is 244 g/mol. The van der Waals surface area contributed by atoms with Gasteiger partial charge in [0.25, 0.3) is 0 Å². The van der Waals surface area contributed by atoms with Crippen LogP contribution in [0.4, 0.5) is 0 Å². The van der Waals surface area contributed by atoms with Crippen LogP contribution >= 0.6 is 15.9 Å². The van der Waals surface area contributed by atoms with E-state index in [9.17, 15) is 0 Å². The molecule has 0 aliphatic heterocycles. The summed E-state index contributed by atoms with van der Waals surface area (Å²) in [5, 5.41) is 9.30. The second-order valence-corrected chi connectivity index (χ2v) is 3.35. The lowest BCUT2D eigenvalue weighted by atomic mass is 10.2. The van der Waals surface area contributed by atoms with E-state index in [4.69, 9.17) is 5.11 Å². The number of aliphatic hydroxyl groups excluding tert-OH is 1. The maximum atomic E-state index is 8.69. The first-order valence-corrected chi connectivity index (χ1v) is 5.59. The predicted octanol–water partition coefficient (Wildman–Crippen LogP) is 1.78. The summed E-state index contributed by atoms with van der Waals surface area (Å²) in [6.07, 6.45) is 2.82. The molecule has 0 atom stereocenters. The van der Waals surface area contributed by atoms with Crippen molar-refractivity contribution in [3.63, 3.8) is 0 Å². The van der Waals surface area contributed by atoms with Gasteiger partial charge in [-0.15, -0.1) is 0 Å². The fourth-order valence-electron chi connectivity index (χ4n) is 1.08. The van der Waals surface area contributed by atoms with E-state index in [2.05, 4.69) is 32.8 Å². The molecule has 0 radical (unpaired) electrons. The molecule has 1 aromatic rings. The summed E-state index contributed by atoms with van der Waals surface area (Å²) >= 11 is 3.31. The molecule has 0 fully saturated rings. The number of alkyl halides is 1. The molecule has 1 heterocycles. The molecule has 0 saturated heterocycles. The van der Waals surface area contributed by atoms with E-state index in [0.29, 0.717) is 5.33 Å². The summed E-state index contributed by atoms with van der Waals surface area (Å²) in [6.45, 7) is 1.89. The largest absolute Gasteiger partial charge is 0.375 e. The van der Waals surface area contributed by atoms with Gasteiger partial charge in [-0.1, -0.05) is 28.9 Å². The zero-order valence-electron chi connectivity index (χ0n) is 8.07. The molecule has 76 valence electrons. The molecule has 1 N–H and O–H groups in total. The molecule has 4 heteroatoms. The average Bonchev–Trinajstić information content (AvgIpc) is 2.26. The van der Waals surface area contributed by atoms with Crippen LogP contribution in [0.25, 0.3) is 0 Å². The highest BCUT2D eigenvalue weighted by Crippen LogP contribution is 2.04. The molecule has 0 bridgehead atoms. The quantitative estimate of drug-likeness (QED) is 0.660.